The lowest BCUT2D eigenvalue weighted by atomic mass is 9.89. The predicted molar refractivity (Wildman–Crippen MR) is 84.6 cm³/mol. The van der Waals surface area contributed by atoms with Gasteiger partial charge in [0.1, 0.15) is 5.54 Å². The molecule has 0 bridgehead atoms. The molecule has 1 saturated heterocycles. The normalized spacial score (nSPS) is 21.9. The van der Waals surface area contributed by atoms with E-state index in [-0.39, 0.29) is 6.04 Å². The van der Waals surface area contributed by atoms with Gasteiger partial charge in [-0.2, -0.15) is 0 Å². The molecule has 2 atom stereocenters. The van der Waals surface area contributed by atoms with Crippen LogP contribution in [0.1, 0.15) is 52.9 Å². The van der Waals surface area contributed by atoms with Crippen molar-refractivity contribution in [2.45, 2.75) is 70.6 Å². The molecule has 0 radical (unpaired) electrons. The van der Waals surface area contributed by atoms with Crippen LogP contribution in [0, 0.1) is 0 Å². The predicted octanol–water partition coefficient (Wildman–Crippen LogP) is 2.11. The van der Waals surface area contributed by atoms with Crippen LogP contribution in [0.25, 0.3) is 0 Å². The summed E-state index contributed by atoms with van der Waals surface area (Å²) in [5.41, 5.74) is -0.793. The second-order valence-electron chi connectivity index (χ2n) is 6.54. The minimum absolute atomic E-state index is 0.172. The molecule has 1 aliphatic rings. The van der Waals surface area contributed by atoms with Gasteiger partial charge in [0.2, 0.25) is 0 Å². The highest BCUT2D eigenvalue weighted by atomic mass is 16.5. The molecule has 0 aromatic heterocycles. The zero-order chi connectivity index (χ0) is 15.9. The summed E-state index contributed by atoms with van der Waals surface area (Å²) in [5.74, 6) is -0.736. The average Bonchev–Trinajstić information content (AvgIpc) is 2.89. The fraction of sp³-hybridized carbons (Fsp3) is 0.938. The van der Waals surface area contributed by atoms with Crippen molar-refractivity contribution in [3.8, 4) is 0 Å². The Balaban J connectivity index is 2.39. The highest BCUT2D eigenvalue weighted by Crippen LogP contribution is 2.20. The first-order valence-electron chi connectivity index (χ1n) is 8.21. The Labute approximate surface area is 129 Å². The molecule has 21 heavy (non-hydrogen) atoms. The van der Waals surface area contributed by atoms with E-state index < -0.39 is 11.5 Å². The number of hydrogen-bond donors (Lipinski definition) is 2. The van der Waals surface area contributed by atoms with Crippen LogP contribution in [-0.2, 0) is 9.53 Å². The molecule has 0 aromatic carbocycles. The van der Waals surface area contributed by atoms with Gasteiger partial charge in [0.25, 0.3) is 0 Å². The van der Waals surface area contributed by atoms with Crippen LogP contribution < -0.4 is 5.32 Å². The van der Waals surface area contributed by atoms with E-state index in [1.54, 1.807) is 0 Å². The number of hydrogen-bond acceptors (Lipinski definition) is 4. The highest BCUT2D eigenvalue weighted by Gasteiger charge is 2.36. The van der Waals surface area contributed by atoms with E-state index in [1.807, 2.05) is 20.8 Å². The average molecular weight is 300 g/mol. The lowest BCUT2D eigenvalue weighted by Crippen LogP contribution is -2.54. The van der Waals surface area contributed by atoms with Crippen molar-refractivity contribution < 1.29 is 14.6 Å². The number of carboxylic acids is 1. The molecule has 1 fully saturated rings. The molecule has 1 rings (SSSR count). The van der Waals surface area contributed by atoms with Crippen LogP contribution in [0.5, 0.6) is 0 Å². The summed E-state index contributed by atoms with van der Waals surface area (Å²) >= 11 is 0. The van der Waals surface area contributed by atoms with Crippen molar-refractivity contribution in [2.75, 3.05) is 26.7 Å². The molecular weight excluding hydrogens is 268 g/mol. The summed E-state index contributed by atoms with van der Waals surface area (Å²) in [6, 6.07) is 0.172. The van der Waals surface area contributed by atoms with Gasteiger partial charge in [0.05, 0.1) is 6.10 Å². The molecular formula is C16H32N2O3. The van der Waals surface area contributed by atoms with E-state index in [1.165, 1.54) is 0 Å². The maximum absolute atomic E-state index is 11.6. The van der Waals surface area contributed by atoms with Crippen molar-refractivity contribution in [1.29, 1.82) is 0 Å². The minimum Gasteiger partial charge on any atom is -0.480 e. The van der Waals surface area contributed by atoms with Crippen LogP contribution >= 0.6 is 0 Å². The number of nitrogens with one attached hydrogen (secondary N) is 1. The molecule has 0 saturated carbocycles. The lowest BCUT2D eigenvalue weighted by Gasteiger charge is -2.32. The Hall–Kier alpha value is -0.650. The molecule has 0 aromatic rings. The van der Waals surface area contributed by atoms with E-state index in [0.717, 1.165) is 39.0 Å². The Morgan fingerprint density at radius 1 is 1.52 bits per heavy atom. The molecule has 2 unspecified atom stereocenters. The third-order valence-corrected chi connectivity index (χ3v) is 4.26. The first-order chi connectivity index (χ1) is 9.89. The first-order valence-corrected chi connectivity index (χ1v) is 8.21. The number of ether oxygens (including phenoxy) is 1. The fourth-order valence-corrected chi connectivity index (χ4v) is 3.10. The number of carbonyl (C=O) groups is 1. The summed E-state index contributed by atoms with van der Waals surface area (Å²) in [7, 11) is 2.09. The van der Waals surface area contributed by atoms with Crippen LogP contribution in [0.2, 0.25) is 0 Å². The number of nitrogens with zero attached hydrogens (tertiary/aromatic N) is 1. The maximum Gasteiger partial charge on any atom is 0.323 e. The van der Waals surface area contributed by atoms with Crippen molar-refractivity contribution >= 4 is 5.97 Å². The Morgan fingerprint density at radius 3 is 2.71 bits per heavy atom. The molecule has 0 aliphatic carbocycles. The van der Waals surface area contributed by atoms with E-state index in [2.05, 4.69) is 17.3 Å². The standard InChI is InChI=1S/C16H32N2O3/c1-5-16(15(19)20,17-13(2)3)9-7-10-18(4)12-14-8-6-11-21-14/h13-14,17H,5-12H2,1-4H3,(H,19,20). The number of carboxylic acid groups (broad SMARTS) is 1. The number of likely N-dealkylation sites (N-methyl/N-ethyl adjacent to an activating group) is 1. The molecule has 1 aliphatic heterocycles. The van der Waals surface area contributed by atoms with Crippen molar-refractivity contribution in [1.82, 2.24) is 10.2 Å². The lowest BCUT2D eigenvalue weighted by molar-refractivity contribution is -0.145. The summed E-state index contributed by atoms with van der Waals surface area (Å²) in [4.78, 5) is 13.9. The van der Waals surface area contributed by atoms with Gasteiger partial charge in [-0.25, -0.2) is 0 Å². The molecule has 1 heterocycles. The second kappa shape index (κ2) is 8.71. The van der Waals surface area contributed by atoms with Gasteiger partial charge < -0.3 is 14.7 Å². The van der Waals surface area contributed by atoms with Crippen molar-refractivity contribution in [3.63, 3.8) is 0 Å². The molecule has 124 valence electrons. The van der Waals surface area contributed by atoms with Crippen LogP contribution in [0.15, 0.2) is 0 Å². The highest BCUT2D eigenvalue weighted by molar-refractivity contribution is 5.78. The SMILES string of the molecule is CCC(CCCN(C)CC1CCCO1)(NC(C)C)C(=O)O. The number of aliphatic carboxylic acids is 1. The largest absolute Gasteiger partial charge is 0.480 e. The zero-order valence-electron chi connectivity index (χ0n) is 14.0. The van der Waals surface area contributed by atoms with Gasteiger partial charge >= 0.3 is 5.97 Å². The van der Waals surface area contributed by atoms with Gasteiger partial charge in [0, 0.05) is 19.2 Å². The Bertz CT molecular complexity index is 317. The number of rotatable bonds is 10. The monoisotopic (exact) mass is 300 g/mol. The van der Waals surface area contributed by atoms with Crippen LogP contribution in [-0.4, -0.2) is 60.4 Å². The van der Waals surface area contributed by atoms with E-state index in [0.29, 0.717) is 18.9 Å². The van der Waals surface area contributed by atoms with Gasteiger partial charge in [-0.1, -0.05) is 6.92 Å². The van der Waals surface area contributed by atoms with E-state index >= 15 is 0 Å². The molecule has 2 N–H and O–H groups in total. The zero-order valence-corrected chi connectivity index (χ0v) is 14.0. The van der Waals surface area contributed by atoms with Crippen molar-refractivity contribution in [3.05, 3.63) is 0 Å². The Kier molecular flexibility index (Phi) is 7.63. The summed E-state index contributed by atoms with van der Waals surface area (Å²) in [5, 5.41) is 12.8. The minimum atomic E-state index is -0.793. The summed E-state index contributed by atoms with van der Waals surface area (Å²) in [6.07, 6.45) is 4.81. The quantitative estimate of drug-likeness (QED) is 0.647. The van der Waals surface area contributed by atoms with Gasteiger partial charge in [-0.3, -0.25) is 10.1 Å². The second-order valence-corrected chi connectivity index (χ2v) is 6.54. The van der Waals surface area contributed by atoms with Crippen LogP contribution in [0.3, 0.4) is 0 Å². The molecule has 0 amide bonds. The van der Waals surface area contributed by atoms with Crippen LogP contribution in [0.4, 0.5) is 0 Å². The molecule has 5 nitrogen and oxygen atoms in total. The van der Waals surface area contributed by atoms with Gasteiger partial charge in [-0.15, -0.1) is 0 Å². The van der Waals surface area contributed by atoms with Gasteiger partial charge in [-0.05, 0) is 59.5 Å². The van der Waals surface area contributed by atoms with E-state index in [4.69, 9.17) is 4.74 Å². The topological polar surface area (TPSA) is 61.8 Å². The maximum atomic E-state index is 11.6. The third-order valence-electron chi connectivity index (χ3n) is 4.26. The third kappa shape index (κ3) is 5.93. The summed E-state index contributed by atoms with van der Waals surface area (Å²) in [6.45, 7) is 8.68. The van der Waals surface area contributed by atoms with Gasteiger partial charge in [0.15, 0.2) is 0 Å². The Morgan fingerprint density at radius 2 is 2.24 bits per heavy atom. The van der Waals surface area contributed by atoms with Crippen molar-refractivity contribution in [2.24, 2.45) is 0 Å². The summed E-state index contributed by atoms with van der Waals surface area (Å²) < 4.78 is 5.63. The smallest absolute Gasteiger partial charge is 0.323 e. The first kappa shape index (κ1) is 18.4. The fourth-order valence-electron chi connectivity index (χ4n) is 3.10. The molecule has 0 spiro atoms. The molecule has 5 heteroatoms. The van der Waals surface area contributed by atoms with E-state index in [9.17, 15) is 9.90 Å².